The van der Waals surface area contributed by atoms with Gasteiger partial charge in [0, 0.05) is 23.9 Å². The van der Waals surface area contributed by atoms with Crippen LogP contribution in [0.3, 0.4) is 0 Å². The second-order valence-electron chi connectivity index (χ2n) is 5.22. The molecule has 3 amide bonds. The van der Waals surface area contributed by atoms with E-state index in [0.29, 0.717) is 11.3 Å². The smallest absolute Gasteiger partial charge is 0.270 e. The molecule has 124 valence electrons. The van der Waals surface area contributed by atoms with Gasteiger partial charge in [-0.15, -0.1) is 0 Å². The molecule has 0 fully saturated rings. The van der Waals surface area contributed by atoms with E-state index < -0.39 is 22.6 Å². The van der Waals surface area contributed by atoms with Crippen molar-refractivity contribution >= 4 is 35.2 Å². The van der Waals surface area contributed by atoms with Gasteiger partial charge in [-0.05, 0) is 29.8 Å². The zero-order valence-electron chi connectivity index (χ0n) is 12.7. The van der Waals surface area contributed by atoms with Gasteiger partial charge in [0.1, 0.15) is 0 Å². The highest BCUT2D eigenvalue weighted by atomic mass is 16.6. The molecule has 2 aromatic carbocycles. The van der Waals surface area contributed by atoms with Crippen molar-refractivity contribution in [1.82, 2.24) is 5.32 Å². The minimum absolute atomic E-state index is 0.0724. The van der Waals surface area contributed by atoms with Crippen LogP contribution in [-0.2, 0) is 4.79 Å². The Labute approximate surface area is 141 Å². The van der Waals surface area contributed by atoms with Crippen molar-refractivity contribution in [3.63, 3.8) is 0 Å². The van der Waals surface area contributed by atoms with Crippen molar-refractivity contribution in [2.24, 2.45) is 0 Å². The Morgan fingerprint density at radius 1 is 1.08 bits per heavy atom. The van der Waals surface area contributed by atoms with Crippen LogP contribution >= 0.6 is 0 Å². The molecule has 0 saturated heterocycles. The number of nitro groups is 1. The molecule has 0 atom stereocenters. The maximum absolute atomic E-state index is 12.0. The molecule has 1 heterocycles. The van der Waals surface area contributed by atoms with Crippen molar-refractivity contribution in [1.29, 1.82) is 0 Å². The summed E-state index contributed by atoms with van der Waals surface area (Å²) in [6, 6.07) is 10.2. The Morgan fingerprint density at radius 2 is 1.84 bits per heavy atom. The molecule has 2 N–H and O–H groups in total. The summed E-state index contributed by atoms with van der Waals surface area (Å²) >= 11 is 0. The summed E-state index contributed by atoms with van der Waals surface area (Å²) in [5.41, 5.74) is 1.25. The summed E-state index contributed by atoms with van der Waals surface area (Å²) < 4.78 is 0. The average molecular weight is 337 g/mol. The molecule has 0 spiro atoms. The van der Waals surface area contributed by atoms with Crippen molar-refractivity contribution in [2.45, 2.75) is 0 Å². The van der Waals surface area contributed by atoms with E-state index in [1.54, 1.807) is 6.07 Å². The maximum Gasteiger partial charge on any atom is 0.270 e. The van der Waals surface area contributed by atoms with E-state index in [2.05, 4.69) is 10.6 Å². The van der Waals surface area contributed by atoms with E-state index >= 15 is 0 Å². The predicted octanol–water partition coefficient (Wildman–Crippen LogP) is 2.13. The van der Waals surface area contributed by atoms with Gasteiger partial charge in [0.2, 0.25) is 5.91 Å². The molecule has 0 unspecified atom stereocenters. The summed E-state index contributed by atoms with van der Waals surface area (Å²) in [5.74, 6) is -1.46. The third-order valence-corrected chi connectivity index (χ3v) is 3.51. The second kappa shape index (κ2) is 6.36. The van der Waals surface area contributed by atoms with E-state index in [1.165, 1.54) is 48.6 Å². The molecule has 0 radical (unpaired) electrons. The number of amides is 3. The van der Waals surface area contributed by atoms with Gasteiger partial charge in [-0.2, -0.15) is 0 Å². The summed E-state index contributed by atoms with van der Waals surface area (Å²) in [5, 5.41) is 15.4. The first-order valence-corrected chi connectivity index (χ1v) is 7.17. The van der Waals surface area contributed by atoms with Crippen LogP contribution in [0, 0.1) is 10.1 Å². The lowest BCUT2D eigenvalue weighted by Gasteiger charge is -2.03. The fourth-order valence-corrected chi connectivity index (χ4v) is 2.34. The van der Waals surface area contributed by atoms with Crippen LogP contribution < -0.4 is 10.6 Å². The highest BCUT2D eigenvalue weighted by molar-refractivity contribution is 6.22. The number of nitro benzene ring substituents is 1. The van der Waals surface area contributed by atoms with Crippen LogP contribution in [0.5, 0.6) is 0 Å². The lowest BCUT2D eigenvalue weighted by Crippen LogP contribution is -2.19. The SMILES string of the molecule is O=C(C=Cc1cccc([N+](=O)[O-])c1)Nc1ccc2c(c1)C(=O)NC2=O. The number of carbonyl (C=O) groups excluding carboxylic acids is 3. The minimum Gasteiger partial charge on any atom is -0.322 e. The average Bonchev–Trinajstić information content (AvgIpc) is 2.87. The Kier molecular flexibility index (Phi) is 4.09. The quantitative estimate of drug-likeness (QED) is 0.383. The van der Waals surface area contributed by atoms with Crippen molar-refractivity contribution in [3.8, 4) is 0 Å². The number of nitrogens with one attached hydrogen (secondary N) is 2. The fraction of sp³-hybridized carbons (Fsp3) is 0. The number of rotatable bonds is 4. The molecule has 0 aromatic heterocycles. The summed E-state index contributed by atoms with van der Waals surface area (Å²) in [6.07, 6.45) is 2.66. The van der Waals surface area contributed by atoms with Crippen LogP contribution in [-0.4, -0.2) is 22.6 Å². The third-order valence-electron chi connectivity index (χ3n) is 3.51. The van der Waals surface area contributed by atoms with Gasteiger partial charge in [0.05, 0.1) is 16.1 Å². The summed E-state index contributed by atoms with van der Waals surface area (Å²) in [4.78, 5) is 45.2. The Hall–Kier alpha value is -3.81. The van der Waals surface area contributed by atoms with E-state index in [-0.39, 0.29) is 16.8 Å². The Balaban J connectivity index is 1.72. The monoisotopic (exact) mass is 337 g/mol. The van der Waals surface area contributed by atoms with Crippen LogP contribution in [0.4, 0.5) is 11.4 Å². The number of non-ortho nitro benzene ring substituents is 1. The first-order valence-electron chi connectivity index (χ1n) is 7.17. The lowest BCUT2D eigenvalue weighted by atomic mass is 10.1. The number of hydrogen-bond donors (Lipinski definition) is 2. The lowest BCUT2D eigenvalue weighted by molar-refractivity contribution is -0.384. The second-order valence-corrected chi connectivity index (χ2v) is 5.22. The van der Waals surface area contributed by atoms with Crippen molar-refractivity contribution in [2.75, 3.05) is 5.32 Å². The minimum atomic E-state index is -0.520. The Morgan fingerprint density at radius 3 is 2.60 bits per heavy atom. The van der Waals surface area contributed by atoms with Gasteiger partial charge in [0.25, 0.3) is 17.5 Å². The number of carbonyl (C=O) groups is 3. The topological polar surface area (TPSA) is 118 Å². The number of fused-ring (bicyclic) bond motifs is 1. The highest BCUT2D eigenvalue weighted by Crippen LogP contribution is 2.20. The summed E-state index contributed by atoms with van der Waals surface area (Å²) in [6.45, 7) is 0. The zero-order valence-corrected chi connectivity index (χ0v) is 12.7. The van der Waals surface area contributed by atoms with Gasteiger partial charge in [0.15, 0.2) is 0 Å². The molecule has 0 saturated carbocycles. The molecule has 25 heavy (non-hydrogen) atoms. The molecule has 0 bridgehead atoms. The summed E-state index contributed by atoms with van der Waals surface area (Å²) in [7, 11) is 0. The van der Waals surface area contributed by atoms with Gasteiger partial charge >= 0.3 is 0 Å². The van der Waals surface area contributed by atoms with E-state index in [9.17, 15) is 24.5 Å². The number of nitrogens with zero attached hydrogens (tertiary/aromatic N) is 1. The van der Waals surface area contributed by atoms with Crippen molar-refractivity contribution < 1.29 is 19.3 Å². The van der Waals surface area contributed by atoms with Gasteiger partial charge in [-0.1, -0.05) is 12.1 Å². The van der Waals surface area contributed by atoms with E-state index in [0.717, 1.165) is 0 Å². The van der Waals surface area contributed by atoms with Crippen LogP contribution in [0.1, 0.15) is 26.3 Å². The molecule has 1 aliphatic heterocycles. The first-order chi connectivity index (χ1) is 11.9. The predicted molar refractivity (Wildman–Crippen MR) is 89.0 cm³/mol. The van der Waals surface area contributed by atoms with E-state index in [1.807, 2.05) is 0 Å². The van der Waals surface area contributed by atoms with Crippen molar-refractivity contribution in [3.05, 3.63) is 75.3 Å². The standard InChI is InChI=1S/C17H11N3O5/c21-15(7-4-10-2-1-3-12(8-10)20(24)25)18-11-5-6-13-14(9-11)17(23)19-16(13)22/h1-9H,(H,18,21)(H,19,22,23). The first kappa shape index (κ1) is 16.1. The fourth-order valence-electron chi connectivity index (χ4n) is 2.34. The largest absolute Gasteiger partial charge is 0.322 e. The van der Waals surface area contributed by atoms with Crippen LogP contribution in [0.25, 0.3) is 6.08 Å². The number of imide groups is 1. The highest BCUT2D eigenvalue weighted by Gasteiger charge is 2.26. The molecular formula is C17H11N3O5. The van der Waals surface area contributed by atoms with Gasteiger partial charge < -0.3 is 5.32 Å². The third kappa shape index (κ3) is 3.42. The number of benzene rings is 2. The Bertz CT molecular complexity index is 949. The van der Waals surface area contributed by atoms with Crippen LogP contribution in [0.15, 0.2) is 48.5 Å². The molecule has 8 nitrogen and oxygen atoms in total. The molecule has 0 aliphatic carbocycles. The number of hydrogen-bond acceptors (Lipinski definition) is 5. The molecule has 1 aliphatic rings. The van der Waals surface area contributed by atoms with Gasteiger partial charge in [-0.25, -0.2) is 0 Å². The van der Waals surface area contributed by atoms with E-state index in [4.69, 9.17) is 0 Å². The molecular weight excluding hydrogens is 326 g/mol. The van der Waals surface area contributed by atoms with Crippen LogP contribution in [0.2, 0.25) is 0 Å². The maximum atomic E-state index is 12.0. The molecule has 3 rings (SSSR count). The normalized spacial score (nSPS) is 12.8. The molecule has 2 aromatic rings. The zero-order chi connectivity index (χ0) is 18.0. The number of anilines is 1. The van der Waals surface area contributed by atoms with Gasteiger partial charge in [-0.3, -0.25) is 29.8 Å². The molecule has 8 heteroatoms.